The van der Waals surface area contributed by atoms with Crippen LogP contribution in [-0.2, 0) is 9.53 Å². The zero-order chi connectivity index (χ0) is 12.1. The Morgan fingerprint density at radius 1 is 1.62 bits per heavy atom. The van der Waals surface area contributed by atoms with Crippen molar-refractivity contribution in [3.63, 3.8) is 0 Å². The summed E-state index contributed by atoms with van der Waals surface area (Å²) in [4.78, 5) is 11.8. The van der Waals surface area contributed by atoms with Crippen molar-refractivity contribution in [3.8, 4) is 0 Å². The summed E-state index contributed by atoms with van der Waals surface area (Å²) in [5.74, 6) is -0.844. The molecule has 0 spiro atoms. The topological polar surface area (TPSA) is 52.3 Å². The molecule has 0 bridgehead atoms. The first-order valence-electron chi connectivity index (χ1n) is 4.88. The van der Waals surface area contributed by atoms with Gasteiger partial charge in [-0.05, 0) is 37.6 Å². The van der Waals surface area contributed by atoms with Gasteiger partial charge in [0.15, 0.2) is 0 Å². The van der Waals surface area contributed by atoms with Crippen LogP contribution in [0.1, 0.15) is 12.5 Å². The number of thioether (sulfide) groups is 1. The van der Waals surface area contributed by atoms with Gasteiger partial charge in [0, 0.05) is 10.6 Å². The molecule has 0 amide bonds. The van der Waals surface area contributed by atoms with Gasteiger partial charge in [0.05, 0.1) is 6.61 Å². The molecule has 1 aromatic rings. The van der Waals surface area contributed by atoms with Gasteiger partial charge in [-0.3, -0.25) is 0 Å². The van der Waals surface area contributed by atoms with E-state index < -0.39 is 11.5 Å². The number of nitrogen functional groups attached to an aromatic ring is 1. The maximum absolute atomic E-state index is 13.4. The normalized spacial score (nSPS) is 12.2. The number of halogens is 1. The van der Waals surface area contributed by atoms with Crippen molar-refractivity contribution < 1.29 is 13.9 Å². The predicted octanol–water partition coefficient (Wildman–Crippen LogP) is 2.53. The molecule has 5 heteroatoms. The van der Waals surface area contributed by atoms with E-state index in [1.54, 1.807) is 25.1 Å². The molecule has 1 atom stereocenters. The van der Waals surface area contributed by atoms with Crippen LogP contribution in [0.25, 0.3) is 0 Å². The van der Waals surface area contributed by atoms with Crippen molar-refractivity contribution in [2.45, 2.75) is 24.2 Å². The molecule has 0 saturated heterocycles. The Kier molecular flexibility index (Phi) is 4.61. The molecule has 0 aromatic heterocycles. The Balaban J connectivity index is 2.69. The number of benzene rings is 1. The van der Waals surface area contributed by atoms with Crippen molar-refractivity contribution >= 4 is 23.4 Å². The molecule has 16 heavy (non-hydrogen) atoms. The molecular weight excluding hydrogens is 229 g/mol. The summed E-state index contributed by atoms with van der Waals surface area (Å²) >= 11 is 0.830. The molecule has 0 fully saturated rings. The van der Waals surface area contributed by atoms with Crippen LogP contribution in [0.2, 0.25) is 0 Å². The number of hydrogen-bond acceptors (Lipinski definition) is 4. The summed E-state index contributed by atoms with van der Waals surface area (Å²) in [6, 6.07) is 5.11. The van der Waals surface area contributed by atoms with E-state index in [0.717, 1.165) is 17.3 Å². The van der Waals surface area contributed by atoms with E-state index in [1.165, 1.54) is 0 Å². The molecule has 1 aromatic carbocycles. The Labute approximate surface area is 98.2 Å². The SMILES string of the molecule is CCOC(=O)C(F)Sc1ccc(N)cc1C. The molecule has 1 rings (SSSR count). The Bertz CT molecular complexity index is 384. The van der Waals surface area contributed by atoms with E-state index in [9.17, 15) is 9.18 Å². The largest absolute Gasteiger partial charge is 0.463 e. The lowest BCUT2D eigenvalue weighted by atomic mass is 10.2. The molecule has 0 aliphatic heterocycles. The van der Waals surface area contributed by atoms with E-state index in [4.69, 9.17) is 5.73 Å². The lowest BCUT2D eigenvalue weighted by Gasteiger charge is -2.09. The van der Waals surface area contributed by atoms with Crippen molar-refractivity contribution in [3.05, 3.63) is 23.8 Å². The van der Waals surface area contributed by atoms with Gasteiger partial charge in [0.1, 0.15) is 0 Å². The Morgan fingerprint density at radius 2 is 2.31 bits per heavy atom. The maximum Gasteiger partial charge on any atom is 0.351 e. The smallest absolute Gasteiger partial charge is 0.351 e. The van der Waals surface area contributed by atoms with Gasteiger partial charge in [0.2, 0.25) is 5.50 Å². The Hall–Kier alpha value is -1.23. The number of alkyl halides is 1. The quantitative estimate of drug-likeness (QED) is 0.501. The Morgan fingerprint density at radius 3 is 2.88 bits per heavy atom. The third-order valence-corrected chi connectivity index (χ3v) is 3.01. The van der Waals surface area contributed by atoms with Crippen LogP contribution < -0.4 is 5.73 Å². The minimum absolute atomic E-state index is 0.181. The number of hydrogen-bond donors (Lipinski definition) is 1. The number of ether oxygens (including phenoxy) is 1. The van der Waals surface area contributed by atoms with Gasteiger partial charge in [-0.25, -0.2) is 9.18 Å². The molecule has 1 unspecified atom stereocenters. The maximum atomic E-state index is 13.4. The second-order valence-corrected chi connectivity index (χ2v) is 4.30. The highest BCUT2D eigenvalue weighted by molar-refractivity contribution is 8.00. The summed E-state index contributed by atoms with van der Waals surface area (Å²) in [6.07, 6.45) is 0. The number of carbonyl (C=O) groups excluding carboxylic acids is 1. The van der Waals surface area contributed by atoms with E-state index >= 15 is 0 Å². The minimum atomic E-state index is -1.69. The first-order chi connectivity index (χ1) is 7.54. The van der Waals surface area contributed by atoms with E-state index in [2.05, 4.69) is 4.74 Å². The molecule has 0 heterocycles. The van der Waals surface area contributed by atoms with E-state index in [0.29, 0.717) is 10.6 Å². The van der Waals surface area contributed by atoms with Crippen LogP contribution in [0.4, 0.5) is 10.1 Å². The second-order valence-electron chi connectivity index (χ2n) is 3.21. The summed E-state index contributed by atoms with van der Waals surface area (Å²) < 4.78 is 18.0. The lowest BCUT2D eigenvalue weighted by molar-refractivity contribution is -0.145. The summed E-state index contributed by atoms with van der Waals surface area (Å²) in [5, 5.41) is 0. The number of rotatable bonds is 4. The third-order valence-electron chi connectivity index (χ3n) is 1.90. The predicted molar refractivity (Wildman–Crippen MR) is 63.0 cm³/mol. The minimum Gasteiger partial charge on any atom is -0.463 e. The number of anilines is 1. The van der Waals surface area contributed by atoms with Gasteiger partial charge in [-0.2, -0.15) is 0 Å². The van der Waals surface area contributed by atoms with Crippen molar-refractivity contribution in [2.75, 3.05) is 12.3 Å². The zero-order valence-electron chi connectivity index (χ0n) is 9.20. The van der Waals surface area contributed by atoms with Crippen molar-refractivity contribution in [1.29, 1.82) is 0 Å². The summed E-state index contributed by atoms with van der Waals surface area (Å²) in [7, 11) is 0. The van der Waals surface area contributed by atoms with Crippen LogP contribution in [0.15, 0.2) is 23.1 Å². The van der Waals surface area contributed by atoms with Gasteiger partial charge in [0.25, 0.3) is 0 Å². The average molecular weight is 243 g/mol. The molecule has 2 N–H and O–H groups in total. The first-order valence-corrected chi connectivity index (χ1v) is 5.76. The number of carbonyl (C=O) groups is 1. The van der Waals surface area contributed by atoms with Crippen LogP contribution in [0.5, 0.6) is 0 Å². The van der Waals surface area contributed by atoms with Gasteiger partial charge in [-0.15, -0.1) is 0 Å². The van der Waals surface area contributed by atoms with E-state index in [1.807, 2.05) is 6.92 Å². The second kappa shape index (κ2) is 5.75. The van der Waals surface area contributed by atoms with Crippen LogP contribution in [0.3, 0.4) is 0 Å². The molecule has 0 radical (unpaired) electrons. The van der Waals surface area contributed by atoms with Crippen LogP contribution in [-0.4, -0.2) is 18.1 Å². The van der Waals surface area contributed by atoms with Gasteiger partial charge in [-0.1, -0.05) is 11.8 Å². The monoisotopic (exact) mass is 243 g/mol. The van der Waals surface area contributed by atoms with E-state index in [-0.39, 0.29) is 6.61 Å². The third kappa shape index (κ3) is 3.41. The fourth-order valence-electron chi connectivity index (χ4n) is 1.17. The lowest BCUT2D eigenvalue weighted by Crippen LogP contribution is -2.15. The van der Waals surface area contributed by atoms with Gasteiger partial charge >= 0.3 is 5.97 Å². The number of nitrogens with two attached hydrogens (primary N) is 1. The highest BCUT2D eigenvalue weighted by Gasteiger charge is 2.20. The fourth-order valence-corrected chi connectivity index (χ4v) is 1.95. The molecule has 0 aliphatic rings. The average Bonchev–Trinajstić information content (AvgIpc) is 2.22. The summed E-state index contributed by atoms with van der Waals surface area (Å²) in [5.41, 5.74) is 5.34. The zero-order valence-corrected chi connectivity index (χ0v) is 10.0. The highest BCUT2D eigenvalue weighted by atomic mass is 32.2. The standard InChI is InChI=1S/C11H14FNO2S/c1-3-15-11(14)10(12)16-9-5-4-8(13)6-7(9)2/h4-6,10H,3,13H2,1-2H3. The van der Waals surface area contributed by atoms with Crippen molar-refractivity contribution in [1.82, 2.24) is 0 Å². The molecule has 0 saturated carbocycles. The number of esters is 1. The molecule has 0 aliphatic carbocycles. The highest BCUT2D eigenvalue weighted by Crippen LogP contribution is 2.29. The molecule has 3 nitrogen and oxygen atoms in total. The van der Waals surface area contributed by atoms with Crippen LogP contribution in [0, 0.1) is 6.92 Å². The molecular formula is C11H14FNO2S. The number of aryl methyl sites for hydroxylation is 1. The molecule has 88 valence electrons. The van der Waals surface area contributed by atoms with Crippen LogP contribution >= 0.6 is 11.8 Å². The first kappa shape index (κ1) is 12.8. The summed E-state index contributed by atoms with van der Waals surface area (Å²) in [6.45, 7) is 3.64. The fraction of sp³-hybridized carbons (Fsp3) is 0.364. The van der Waals surface area contributed by atoms with Gasteiger partial charge < -0.3 is 10.5 Å². The van der Waals surface area contributed by atoms with Crippen molar-refractivity contribution in [2.24, 2.45) is 0 Å².